The highest BCUT2D eigenvalue weighted by Crippen LogP contribution is 2.38. The van der Waals surface area contributed by atoms with E-state index in [4.69, 9.17) is 4.74 Å². The fraction of sp³-hybridized carbons (Fsp3) is 0.684. The van der Waals surface area contributed by atoms with Crippen molar-refractivity contribution in [3.63, 3.8) is 0 Å². The number of para-hydroxylation sites is 1. The van der Waals surface area contributed by atoms with Gasteiger partial charge >= 0.3 is 0 Å². The summed E-state index contributed by atoms with van der Waals surface area (Å²) in [5.41, 5.74) is 0.418. The first-order chi connectivity index (χ1) is 10.3. The van der Waals surface area contributed by atoms with Gasteiger partial charge in [0.15, 0.2) is 0 Å². The van der Waals surface area contributed by atoms with Crippen molar-refractivity contribution in [1.82, 2.24) is 5.32 Å². The van der Waals surface area contributed by atoms with Gasteiger partial charge in [-0.05, 0) is 58.1 Å². The summed E-state index contributed by atoms with van der Waals surface area (Å²) < 4.78 is 5.99. The number of nitrogens with one attached hydrogen (secondary N) is 1. The Morgan fingerprint density at radius 1 is 1.14 bits per heavy atom. The second-order valence-corrected chi connectivity index (χ2v) is 7.91. The molecule has 0 amide bonds. The Hall–Kier alpha value is -1.06. The molecule has 1 unspecified atom stereocenters. The minimum absolute atomic E-state index is 0.00819. The molecule has 2 rings (SSSR count). The van der Waals surface area contributed by atoms with E-state index in [0.29, 0.717) is 19.1 Å². The van der Waals surface area contributed by atoms with Crippen molar-refractivity contribution in [3.8, 4) is 5.75 Å². The van der Waals surface area contributed by atoms with Gasteiger partial charge in [-0.15, -0.1) is 0 Å². The van der Waals surface area contributed by atoms with E-state index >= 15 is 0 Å². The van der Waals surface area contributed by atoms with E-state index in [1.165, 1.54) is 31.2 Å². The molecule has 0 heterocycles. The Labute approximate surface area is 135 Å². The standard InChI is InChI=1S/C19H31NO2/c1-18(2,3)20-13-19(4,21)14-22-17-12-8-7-11-16(17)15-9-5-6-10-15/h7-8,11-12,15,20-21H,5-6,9-10,13-14H2,1-4H3. The molecule has 0 aliphatic heterocycles. The number of benzene rings is 1. The van der Waals surface area contributed by atoms with Crippen LogP contribution >= 0.6 is 0 Å². The van der Waals surface area contributed by atoms with Gasteiger partial charge in [0.1, 0.15) is 18.0 Å². The molecule has 0 aromatic heterocycles. The maximum absolute atomic E-state index is 10.5. The zero-order valence-corrected chi connectivity index (χ0v) is 14.5. The highest BCUT2D eigenvalue weighted by molar-refractivity contribution is 5.36. The van der Waals surface area contributed by atoms with Gasteiger partial charge in [0.05, 0.1) is 0 Å². The second-order valence-electron chi connectivity index (χ2n) is 7.91. The van der Waals surface area contributed by atoms with E-state index in [1.807, 2.05) is 19.1 Å². The molecule has 1 fully saturated rings. The lowest BCUT2D eigenvalue weighted by Gasteiger charge is -2.29. The van der Waals surface area contributed by atoms with Gasteiger partial charge in [0.2, 0.25) is 0 Å². The largest absolute Gasteiger partial charge is 0.490 e. The lowest BCUT2D eigenvalue weighted by molar-refractivity contribution is 0.00734. The van der Waals surface area contributed by atoms with Gasteiger partial charge in [-0.25, -0.2) is 0 Å². The predicted octanol–water partition coefficient (Wildman–Crippen LogP) is 3.86. The van der Waals surface area contributed by atoms with Gasteiger partial charge in [-0.2, -0.15) is 0 Å². The van der Waals surface area contributed by atoms with Gasteiger partial charge in [-0.3, -0.25) is 0 Å². The van der Waals surface area contributed by atoms with Crippen LogP contribution in [0, 0.1) is 0 Å². The smallest absolute Gasteiger partial charge is 0.122 e. The Morgan fingerprint density at radius 3 is 2.41 bits per heavy atom. The van der Waals surface area contributed by atoms with Crippen molar-refractivity contribution >= 4 is 0 Å². The number of hydrogen-bond acceptors (Lipinski definition) is 3. The molecule has 3 heteroatoms. The van der Waals surface area contributed by atoms with Crippen molar-refractivity contribution in [2.75, 3.05) is 13.2 Å². The fourth-order valence-corrected chi connectivity index (χ4v) is 2.93. The van der Waals surface area contributed by atoms with Gasteiger partial charge < -0.3 is 15.2 Å². The first-order valence-corrected chi connectivity index (χ1v) is 8.46. The van der Waals surface area contributed by atoms with Crippen LogP contribution in [0.5, 0.6) is 5.75 Å². The maximum atomic E-state index is 10.5. The molecule has 0 radical (unpaired) electrons. The summed E-state index contributed by atoms with van der Waals surface area (Å²) in [6, 6.07) is 8.30. The van der Waals surface area contributed by atoms with Gasteiger partial charge in [-0.1, -0.05) is 31.0 Å². The minimum atomic E-state index is -0.879. The van der Waals surface area contributed by atoms with Crippen LogP contribution < -0.4 is 10.1 Å². The molecule has 3 nitrogen and oxygen atoms in total. The molecule has 1 atom stereocenters. The number of aliphatic hydroxyl groups is 1. The summed E-state index contributed by atoms with van der Waals surface area (Å²) in [5, 5.41) is 13.8. The molecule has 0 bridgehead atoms. The van der Waals surface area contributed by atoms with Crippen LogP contribution in [0.2, 0.25) is 0 Å². The highest BCUT2D eigenvalue weighted by Gasteiger charge is 2.25. The molecule has 1 saturated carbocycles. The number of ether oxygens (including phenoxy) is 1. The maximum Gasteiger partial charge on any atom is 0.122 e. The lowest BCUT2D eigenvalue weighted by atomic mass is 9.97. The summed E-state index contributed by atoms with van der Waals surface area (Å²) in [7, 11) is 0. The Morgan fingerprint density at radius 2 is 1.77 bits per heavy atom. The van der Waals surface area contributed by atoms with E-state index in [1.54, 1.807) is 0 Å². The van der Waals surface area contributed by atoms with Crippen molar-refractivity contribution in [2.45, 2.75) is 70.4 Å². The molecule has 1 aromatic rings. The van der Waals surface area contributed by atoms with Crippen molar-refractivity contribution < 1.29 is 9.84 Å². The molecular weight excluding hydrogens is 274 g/mol. The van der Waals surface area contributed by atoms with E-state index in [0.717, 1.165) is 5.75 Å². The summed E-state index contributed by atoms with van der Waals surface area (Å²) in [5.74, 6) is 1.55. The second kappa shape index (κ2) is 7.01. The minimum Gasteiger partial charge on any atom is -0.490 e. The molecular formula is C19H31NO2. The third-order valence-electron chi connectivity index (χ3n) is 4.25. The highest BCUT2D eigenvalue weighted by atomic mass is 16.5. The SMILES string of the molecule is CC(O)(CNC(C)(C)C)COc1ccccc1C1CCCC1. The molecule has 0 saturated heterocycles. The lowest BCUT2D eigenvalue weighted by Crippen LogP contribution is -2.49. The van der Waals surface area contributed by atoms with Crippen molar-refractivity contribution in [1.29, 1.82) is 0 Å². The summed E-state index contributed by atoms with van der Waals surface area (Å²) in [6.45, 7) is 8.93. The zero-order chi connectivity index (χ0) is 16.2. The Kier molecular flexibility index (Phi) is 5.51. The fourth-order valence-electron chi connectivity index (χ4n) is 2.93. The summed E-state index contributed by atoms with van der Waals surface area (Å²) >= 11 is 0. The first-order valence-electron chi connectivity index (χ1n) is 8.46. The number of β-amino-alcohol motifs (C(OH)–C–C–N with tert-alkyl or cyclic N) is 1. The normalized spacial score (nSPS) is 19.1. The predicted molar refractivity (Wildman–Crippen MR) is 91.5 cm³/mol. The Bertz CT molecular complexity index is 471. The van der Waals surface area contributed by atoms with Crippen LogP contribution in [-0.2, 0) is 0 Å². The first kappa shape index (κ1) is 17.3. The van der Waals surface area contributed by atoms with Crippen molar-refractivity contribution in [3.05, 3.63) is 29.8 Å². The van der Waals surface area contributed by atoms with Crippen LogP contribution in [0.25, 0.3) is 0 Å². The number of rotatable bonds is 6. The zero-order valence-electron chi connectivity index (χ0n) is 14.5. The van der Waals surface area contributed by atoms with E-state index in [2.05, 4.69) is 38.2 Å². The summed E-state index contributed by atoms with van der Waals surface area (Å²) in [6.07, 6.45) is 5.13. The van der Waals surface area contributed by atoms with E-state index in [9.17, 15) is 5.11 Å². The van der Waals surface area contributed by atoms with Gasteiger partial charge in [0, 0.05) is 12.1 Å². The van der Waals surface area contributed by atoms with Crippen molar-refractivity contribution in [2.24, 2.45) is 0 Å². The number of hydrogen-bond donors (Lipinski definition) is 2. The molecule has 1 aliphatic rings. The van der Waals surface area contributed by atoms with Crippen LogP contribution in [-0.4, -0.2) is 29.4 Å². The summed E-state index contributed by atoms with van der Waals surface area (Å²) in [4.78, 5) is 0. The topological polar surface area (TPSA) is 41.5 Å². The van der Waals surface area contributed by atoms with Crippen LogP contribution in [0.3, 0.4) is 0 Å². The molecule has 2 N–H and O–H groups in total. The quantitative estimate of drug-likeness (QED) is 0.838. The average Bonchev–Trinajstić information content (AvgIpc) is 2.97. The van der Waals surface area contributed by atoms with Crippen LogP contribution in [0.4, 0.5) is 0 Å². The van der Waals surface area contributed by atoms with Crippen LogP contribution in [0.1, 0.15) is 64.9 Å². The monoisotopic (exact) mass is 305 g/mol. The van der Waals surface area contributed by atoms with Crippen LogP contribution in [0.15, 0.2) is 24.3 Å². The molecule has 1 aromatic carbocycles. The average molecular weight is 305 g/mol. The molecule has 1 aliphatic carbocycles. The van der Waals surface area contributed by atoms with E-state index in [-0.39, 0.29) is 5.54 Å². The third kappa shape index (κ3) is 5.29. The van der Waals surface area contributed by atoms with E-state index < -0.39 is 5.60 Å². The van der Waals surface area contributed by atoms with Gasteiger partial charge in [0.25, 0.3) is 0 Å². The third-order valence-corrected chi connectivity index (χ3v) is 4.25. The molecule has 0 spiro atoms. The molecule has 22 heavy (non-hydrogen) atoms. The Balaban J connectivity index is 1.96. The molecule has 124 valence electrons.